The van der Waals surface area contributed by atoms with Crippen LogP contribution < -0.4 is 0 Å². The molecule has 0 aromatic heterocycles. The second-order valence-corrected chi connectivity index (χ2v) is 10.5. The fourth-order valence-corrected chi connectivity index (χ4v) is 6.68. The largest absolute Gasteiger partial charge is 0.389 e. The number of hydrogen-bond acceptors (Lipinski definition) is 4. The Hall–Kier alpha value is -1.44. The summed E-state index contributed by atoms with van der Waals surface area (Å²) >= 11 is 0. The van der Waals surface area contributed by atoms with Crippen molar-refractivity contribution in [2.75, 3.05) is 26.2 Å². The van der Waals surface area contributed by atoms with E-state index in [0.717, 1.165) is 32.1 Å². The number of likely N-dealkylation sites (tertiary alicyclic amines) is 1. The van der Waals surface area contributed by atoms with Gasteiger partial charge in [0.2, 0.25) is 15.9 Å². The Kier molecular flexibility index (Phi) is 5.51. The van der Waals surface area contributed by atoms with Crippen LogP contribution in [0.2, 0.25) is 0 Å². The standard InChI is InChI=1S/C21H30N2O4S/c24-20(22-14-12-21(25)11-5-4-8-18(21)16-22)17-7-6-13-23(15-17)28(26,27)19-9-2-1-3-10-19/h1-3,9-10,17-18,25H,4-8,11-16H2/t17-,18+,21+/m1/s1. The lowest BCUT2D eigenvalue weighted by atomic mass is 9.71. The summed E-state index contributed by atoms with van der Waals surface area (Å²) in [5.74, 6) is -0.0747. The molecule has 1 N–H and O–H groups in total. The van der Waals surface area contributed by atoms with Crippen LogP contribution >= 0.6 is 0 Å². The molecule has 2 heterocycles. The van der Waals surface area contributed by atoms with Crippen molar-refractivity contribution < 1.29 is 18.3 Å². The minimum absolute atomic E-state index is 0.0561. The maximum absolute atomic E-state index is 13.2. The van der Waals surface area contributed by atoms with Crippen LogP contribution in [0.25, 0.3) is 0 Å². The molecule has 1 saturated carbocycles. The fraction of sp³-hybridized carbons (Fsp3) is 0.667. The molecule has 4 rings (SSSR count). The maximum Gasteiger partial charge on any atom is 0.243 e. The molecule has 3 aliphatic rings. The first-order valence-electron chi connectivity index (χ1n) is 10.5. The molecule has 3 fully saturated rings. The van der Waals surface area contributed by atoms with Gasteiger partial charge in [0.05, 0.1) is 16.4 Å². The van der Waals surface area contributed by atoms with E-state index >= 15 is 0 Å². The molecule has 154 valence electrons. The molecule has 3 atom stereocenters. The number of hydrogen-bond donors (Lipinski definition) is 1. The van der Waals surface area contributed by atoms with Crippen molar-refractivity contribution in [1.82, 2.24) is 9.21 Å². The first-order valence-corrected chi connectivity index (χ1v) is 11.9. The minimum atomic E-state index is -3.57. The molecule has 7 heteroatoms. The van der Waals surface area contributed by atoms with Gasteiger partial charge in [0.1, 0.15) is 0 Å². The zero-order valence-electron chi connectivity index (χ0n) is 16.3. The van der Waals surface area contributed by atoms with Gasteiger partial charge in [-0.1, -0.05) is 31.0 Å². The predicted molar refractivity (Wildman–Crippen MR) is 106 cm³/mol. The van der Waals surface area contributed by atoms with E-state index in [1.807, 2.05) is 4.90 Å². The van der Waals surface area contributed by atoms with Crippen molar-refractivity contribution >= 4 is 15.9 Å². The second-order valence-electron chi connectivity index (χ2n) is 8.60. The van der Waals surface area contributed by atoms with Crippen LogP contribution in [0.5, 0.6) is 0 Å². The summed E-state index contributed by atoms with van der Waals surface area (Å²) in [7, 11) is -3.57. The number of rotatable bonds is 3. The van der Waals surface area contributed by atoms with Crippen LogP contribution in [0, 0.1) is 11.8 Å². The number of benzene rings is 1. The summed E-state index contributed by atoms with van der Waals surface area (Å²) in [5.41, 5.74) is -0.607. The van der Waals surface area contributed by atoms with Gasteiger partial charge >= 0.3 is 0 Å². The van der Waals surface area contributed by atoms with Crippen LogP contribution in [0.4, 0.5) is 0 Å². The molecule has 0 bridgehead atoms. The number of fused-ring (bicyclic) bond motifs is 1. The van der Waals surface area contributed by atoms with E-state index in [4.69, 9.17) is 0 Å². The molecular weight excluding hydrogens is 376 g/mol. The van der Waals surface area contributed by atoms with Gasteiger partial charge in [0.25, 0.3) is 0 Å². The van der Waals surface area contributed by atoms with Crippen LogP contribution in [-0.4, -0.2) is 60.4 Å². The SMILES string of the molecule is O=C([C@@H]1CCCN(S(=O)(=O)c2ccccc2)C1)N1CC[C@@]2(O)CCCC[C@H]2C1. The highest BCUT2D eigenvalue weighted by Gasteiger charge is 2.45. The molecule has 1 aromatic carbocycles. The molecule has 0 unspecified atom stereocenters. The number of amides is 1. The lowest BCUT2D eigenvalue weighted by Crippen LogP contribution is -2.56. The molecule has 0 radical (unpaired) electrons. The number of piperidine rings is 2. The van der Waals surface area contributed by atoms with Gasteiger partial charge in [-0.25, -0.2) is 8.42 Å². The van der Waals surface area contributed by atoms with E-state index < -0.39 is 15.6 Å². The third-order valence-corrected chi connectivity index (χ3v) is 8.73. The predicted octanol–water partition coefficient (Wildman–Crippen LogP) is 2.24. The van der Waals surface area contributed by atoms with Gasteiger partial charge in [-0.05, 0) is 44.2 Å². The van der Waals surface area contributed by atoms with Gasteiger partial charge in [-0.3, -0.25) is 4.79 Å². The van der Waals surface area contributed by atoms with E-state index in [-0.39, 0.29) is 29.2 Å². The molecular formula is C21H30N2O4S. The molecule has 1 amide bonds. The van der Waals surface area contributed by atoms with E-state index in [9.17, 15) is 18.3 Å². The summed E-state index contributed by atoms with van der Waals surface area (Å²) in [6.07, 6.45) is 6.06. The summed E-state index contributed by atoms with van der Waals surface area (Å²) in [6.45, 7) is 1.90. The highest BCUT2D eigenvalue weighted by molar-refractivity contribution is 7.89. The lowest BCUT2D eigenvalue weighted by Gasteiger charge is -2.48. The van der Waals surface area contributed by atoms with Crippen molar-refractivity contribution in [3.8, 4) is 0 Å². The van der Waals surface area contributed by atoms with E-state index in [0.29, 0.717) is 32.5 Å². The van der Waals surface area contributed by atoms with E-state index in [1.54, 1.807) is 30.3 Å². The summed E-state index contributed by atoms with van der Waals surface area (Å²) in [5, 5.41) is 10.9. The zero-order valence-corrected chi connectivity index (χ0v) is 17.1. The number of carbonyl (C=O) groups is 1. The van der Waals surface area contributed by atoms with Crippen LogP contribution in [0.1, 0.15) is 44.9 Å². The van der Waals surface area contributed by atoms with Crippen molar-refractivity contribution in [1.29, 1.82) is 0 Å². The average molecular weight is 407 g/mol. The zero-order chi connectivity index (χ0) is 19.8. The molecule has 2 aliphatic heterocycles. The Morgan fingerprint density at radius 2 is 1.79 bits per heavy atom. The van der Waals surface area contributed by atoms with Crippen LogP contribution in [-0.2, 0) is 14.8 Å². The third-order valence-electron chi connectivity index (χ3n) is 6.85. The Morgan fingerprint density at radius 1 is 1.00 bits per heavy atom. The van der Waals surface area contributed by atoms with Gasteiger partial charge in [0, 0.05) is 32.1 Å². The molecule has 6 nitrogen and oxygen atoms in total. The Morgan fingerprint density at radius 3 is 2.57 bits per heavy atom. The van der Waals surface area contributed by atoms with Crippen molar-refractivity contribution in [3.63, 3.8) is 0 Å². The smallest absolute Gasteiger partial charge is 0.243 e. The van der Waals surface area contributed by atoms with Crippen molar-refractivity contribution in [2.45, 2.75) is 55.4 Å². The monoisotopic (exact) mass is 406 g/mol. The molecule has 1 aliphatic carbocycles. The van der Waals surface area contributed by atoms with Gasteiger partial charge < -0.3 is 10.0 Å². The third kappa shape index (κ3) is 3.72. The lowest BCUT2D eigenvalue weighted by molar-refractivity contribution is -0.148. The number of nitrogens with zero attached hydrogens (tertiary/aromatic N) is 2. The summed E-state index contributed by atoms with van der Waals surface area (Å²) in [6, 6.07) is 8.45. The Labute approximate surface area is 167 Å². The van der Waals surface area contributed by atoms with Crippen molar-refractivity contribution in [2.24, 2.45) is 11.8 Å². The van der Waals surface area contributed by atoms with Crippen LogP contribution in [0.3, 0.4) is 0 Å². The van der Waals surface area contributed by atoms with Crippen molar-refractivity contribution in [3.05, 3.63) is 30.3 Å². The number of carbonyl (C=O) groups excluding carboxylic acids is 1. The first-order chi connectivity index (χ1) is 13.4. The van der Waals surface area contributed by atoms with E-state index in [2.05, 4.69) is 0 Å². The quantitative estimate of drug-likeness (QED) is 0.835. The highest BCUT2D eigenvalue weighted by atomic mass is 32.2. The minimum Gasteiger partial charge on any atom is -0.389 e. The maximum atomic E-state index is 13.2. The Balaban J connectivity index is 1.44. The number of sulfonamides is 1. The van der Waals surface area contributed by atoms with Gasteiger partial charge in [-0.15, -0.1) is 0 Å². The average Bonchev–Trinajstić information content (AvgIpc) is 2.73. The molecule has 28 heavy (non-hydrogen) atoms. The highest BCUT2D eigenvalue weighted by Crippen LogP contribution is 2.40. The Bertz CT molecular complexity index is 813. The topological polar surface area (TPSA) is 77.9 Å². The van der Waals surface area contributed by atoms with Crippen LogP contribution in [0.15, 0.2) is 35.2 Å². The van der Waals surface area contributed by atoms with Gasteiger partial charge in [0.15, 0.2) is 0 Å². The summed E-state index contributed by atoms with van der Waals surface area (Å²) in [4.78, 5) is 15.3. The molecule has 0 spiro atoms. The van der Waals surface area contributed by atoms with E-state index in [1.165, 1.54) is 4.31 Å². The number of aliphatic hydroxyl groups is 1. The molecule has 2 saturated heterocycles. The normalized spacial score (nSPS) is 32.0. The second kappa shape index (κ2) is 7.76. The molecule has 1 aromatic rings. The fourth-order valence-electron chi connectivity index (χ4n) is 5.13. The summed E-state index contributed by atoms with van der Waals surface area (Å²) < 4.78 is 27.3. The first kappa shape index (κ1) is 19.9. The van der Waals surface area contributed by atoms with Gasteiger partial charge in [-0.2, -0.15) is 4.31 Å².